The average Bonchev–Trinajstić information content (AvgIpc) is 3.03. The number of hydrogen-bond donors (Lipinski definition) is 1. The predicted octanol–water partition coefficient (Wildman–Crippen LogP) is 6.98. The quantitative estimate of drug-likeness (QED) is 0.176. The van der Waals surface area contributed by atoms with Gasteiger partial charge >= 0.3 is 0 Å². The van der Waals surface area contributed by atoms with Gasteiger partial charge in [-0.2, -0.15) is 4.31 Å². The number of ether oxygens (including phenoxy) is 1. The molecule has 0 spiro atoms. The number of unbranched alkanes of at least 4 members (excludes halogenated alkanes) is 1. The van der Waals surface area contributed by atoms with Gasteiger partial charge in [0.1, 0.15) is 5.75 Å². The van der Waals surface area contributed by atoms with E-state index in [2.05, 4.69) is 57.3 Å². The van der Waals surface area contributed by atoms with E-state index in [-0.39, 0.29) is 16.8 Å². The SMILES string of the molecule is CCCCOc1ccc(Br)cc1C(=O)Nc1ccc(S(=O)(=O)N2CCN(C(c3ccccc3)c3ccccc3)CC2)cc1. The molecule has 1 N–H and O–H groups in total. The highest BCUT2D eigenvalue weighted by molar-refractivity contribution is 9.10. The highest BCUT2D eigenvalue weighted by Crippen LogP contribution is 2.31. The molecule has 0 bridgehead atoms. The summed E-state index contributed by atoms with van der Waals surface area (Å²) in [4.78, 5) is 15.6. The molecule has 1 fully saturated rings. The van der Waals surface area contributed by atoms with E-state index in [1.54, 1.807) is 40.7 Å². The third kappa shape index (κ3) is 7.54. The first-order chi connectivity index (χ1) is 20.9. The second-order valence-corrected chi connectivity index (χ2v) is 13.3. The molecule has 224 valence electrons. The van der Waals surface area contributed by atoms with Crippen LogP contribution in [0.25, 0.3) is 0 Å². The zero-order chi connectivity index (χ0) is 30.2. The standard InChI is InChI=1S/C34H36BrN3O4S/c1-2-3-24-42-32-19-14-28(35)25-31(32)34(39)36-29-15-17-30(18-16-29)43(40,41)38-22-20-37(21-23-38)33(26-10-6-4-7-11-26)27-12-8-5-9-13-27/h4-19,25,33H,2-3,20-24H2,1H3,(H,36,39). The van der Waals surface area contributed by atoms with Crippen LogP contribution in [-0.2, 0) is 10.0 Å². The Labute approximate surface area is 262 Å². The first-order valence-electron chi connectivity index (χ1n) is 14.5. The fourth-order valence-corrected chi connectivity index (χ4v) is 7.06. The maximum absolute atomic E-state index is 13.6. The molecule has 7 nitrogen and oxygen atoms in total. The molecular formula is C34H36BrN3O4S. The van der Waals surface area contributed by atoms with Crippen molar-refractivity contribution in [3.8, 4) is 5.75 Å². The highest BCUT2D eigenvalue weighted by Gasteiger charge is 2.32. The van der Waals surface area contributed by atoms with Crippen LogP contribution in [0.5, 0.6) is 5.75 Å². The molecule has 4 aromatic carbocycles. The zero-order valence-electron chi connectivity index (χ0n) is 24.2. The minimum Gasteiger partial charge on any atom is -0.493 e. The number of piperazine rings is 1. The van der Waals surface area contributed by atoms with Gasteiger partial charge < -0.3 is 10.1 Å². The summed E-state index contributed by atoms with van der Waals surface area (Å²) >= 11 is 3.43. The number of carbonyl (C=O) groups excluding carboxylic acids is 1. The number of benzene rings is 4. The van der Waals surface area contributed by atoms with E-state index in [0.29, 0.717) is 49.8 Å². The van der Waals surface area contributed by atoms with E-state index >= 15 is 0 Å². The van der Waals surface area contributed by atoms with E-state index in [9.17, 15) is 13.2 Å². The smallest absolute Gasteiger partial charge is 0.259 e. The summed E-state index contributed by atoms with van der Waals surface area (Å²) in [6.45, 7) is 4.60. The molecule has 1 aliphatic rings. The monoisotopic (exact) mass is 661 g/mol. The molecule has 0 atom stereocenters. The lowest BCUT2D eigenvalue weighted by Gasteiger charge is -2.39. The van der Waals surface area contributed by atoms with E-state index in [4.69, 9.17) is 4.74 Å². The number of hydrogen-bond acceptors (Lipinski definition) is 5. The van der Waals surface area contributed by atoms with Gasteiger partial charge in [-0.05, 0) is 60.0 Å². The number of carbonyl (C=O) groups is 1. The third-order valence-corrected chi connectivity index (χ3v) is 9.97. The molecule has 1 aliphatic heterocycles. The molecule has 0 saturated carbocycles. The molecule has 0 aromatic heterocycles. The maximum Gasteiger partial charge on any atom is 0.259 e. The minimum absolute atomic E-state index is 0.0537. The van der Waals surface area contributed by atoms with Crippen molar-refractivity contribution in [3.63, 3.8) is 0 Å². The van der Waals surface area contributed by atoms with Crippen molar-refractivity contribution in [1.29, 1.82) is 0 Å². The number of anilines is 1. The van der Waals surface area contributed by atoms with Crippen molar-refractivity contribution in [2.24, 2.45) is 0 Å². The number of rotatable bonds is 11. The van der Waals surface area contributed by atoms with Crippen LogP contribution < -0.4 is 10.1 Å². The van der Waals surface area contributed by atoms with Crippen LogP contribution in [0.2, 0.25) is 0 Å². The molecular weight excluding hydrogens is 626 g/mol. The fraction of sp³-hybridized carbons (Fsp3) is 0.265. The average molecular weight is 663 g/mol. The molecule has 0 radical (unpaired) electrons. The lowest BCUT2D eigenvalue weighted by Crippen LogP contribution is -2.49. The van der Waals surface area contributed by atoms with Gasteiger partial charge in [0, 0.05) is 36.3 Å². The Hall–Kier alpha value is -3.50. The topological polar surface area (TPSA) is 78.9 Å². The van der Waals surface area contributed by atoms with E-state index in [1.165, 1.54) is 11.1 Å². The zero-order valence-corrected chi connectivity index (χ0v) is 26.6. The van der Waals surface area contributed by atoms with Crippen molar-refractivity contribution in [2.45, 2.75) is 30.7 Å². The minimum atomic E-state index is -3.70. The number of nitrogens with zero attached hydrogens (tertiary/aromatic N) is 2. The van der Waals surface area contributed by atoms with E-state index in [0.717, 1.165) is 17.3 Å². The van der Waals surface area contributed by atoms with E-state index in [1.807, 2.05) is 42.5 Å². The van der Waals surface area contributed by atoms with Crippen molar-refractivity contribution < 1.29 is 17.9 Å². The van der Waals surface area contributed by atoms with Gasteiger partial charge in [0.15, 0.2) is 0 Å². The molecule has 43 heavy (non-hydrogen) atoms. The molecule has 5 rings (SSSR count). The van der Waals surface area contributed by atoms with Gasteiger partial charge in [0.25, 0.3) is 5.91 Å². The van der Waals surface area contributed by atoms with Crippen LogP contribution in [0, 0.1) is 0 Å². The van der Waals surface area contributed by atoms with Crippen LogP contribution in [0.15, 0.2) is 112 Å². The second-order valence-electron chi connectivity index (χ2n) is 10.5. The van der Waals surface area contributed by atoms with Crippen molar-refractivity contribution >= 4 is 37.5 Å². The second kappa shape index (κ2) is 14.3. The van der Waals surface area contributed by atoms with Gasteiger partial charge in [0.05, 0.1) is 23.1 Å². The van der Waals surface area contributed by atoms with Gasteiger partial charge in [-0.15, -0.1) is 0 Å². The Balaban J connectivity index is 1.25. The van der Waals surface area contributed by atoms with Crippen molar-refractivity contribution in [1.82, 2.24) is 9.21 Å². The van der Waals surface area contributed by atoms with Crippen LogP contribution in [0.3, 0.4) is 0 Å². The van der Waals surface area contributed by atoms with Crippen LogP contribution in [0.1, 0.15) is 47.3 Å². The fourth-order valence-electron chi connectivity index (χ4n) is 5.28. The lowest BCUT2D eigenvalue weighted by atomic mass is 9.96. The Kier molecular flexibility index (Phi) is 10.3. The Morgan fingerprint density at radius 2 is 1.47 bits per heavy atom. The van der Waals surface area contributed by atoms with Crippen LogP contribution in [0.4, 0.5) is 5.69 Å². The van der Waals surface area contributed by atoms with E-state index < -0.39 is 10.0 Å². The number of halogens is 1. The van der Waals surface area contributed by atoms with Gasteiger partial charge in [-0.3, -0.25) is 9.69 Å². The largest absolute Gasteiger partial charge is 0.493 e. The number of nitrogens with one attached hydrogen (secondary N) is 1. The molecule has 1 saturated heterocycles. The highest BCUT2D eigenvalue weighted by atomic mass is 79.9. The van der Waals surface area contributed by atoms with Gasteiger partial charge in [-0.1, -0.05) is 89.9 Å². The first-order valence-corrected chi connectivity index (χ1v) is 16.8. The van der Waals surface area contributed by atoms with Crippen LogP contribution in [-0.4, -0.2) is 56.3 Å². The van der Waals surface area contributed by atoms with Gasteiger partial charge in [-0.25, -0.2) is 8.42 Å². The number of amides is 1. The molecule has 4 aromatic rings. The first kappa shape index (κ1) is 30.9. The summed E-state index contributed by atoms with van der Waals surface area (Å²) in [6, 6.07) is 32.4. The molecule has 0 aliphatic carbocycles. The summed E-state index contributed by atoms with van der Waals surface area (Å²) in [7, 11) is -3.70. The van der Waals surface area contributed by atoms with Gasteiger partial charge in [0.2, 0.25) is 10.0 Å². The summed E-state index contributed by atoms with van der Waals surface area (Å²) in [5, 5.41) is 2.87. The van der Waals surface area contributed by atoms with Crippen molar-refractivity contribution in [2.75, 3.05) is 38.1 Å². The lowest BCUT2D eigenvalue weighted by molar-refractivity contribution is 0.102. The molecule has 1 amide bonds. The maximum atomic E-state index is 13.6. The Bertz CT molecular complexity index is 1570. The molecule has 1 heterocycles. The Morgan fingerprint density at radius 1 is 0.860 bits per heavy atom. The summed E-state index contributed by atoms with van der Waals surface area (Å²) in [5.74, 6) is 0.181. The number of sulfonamides is 1. The molecule has 0 unspecified atom stereocenters. The Morgan fingerprint density at radius 3 is 2.05 bits per heavy atom. The molecule has 9 heteroatoms. The summed E-state index contributed by atoms with van der Waals surface area (Å²) in [5.41, 5.74) is 3.28. The normalized spacial score (nSPS) is 14.5. The summed E-state index contributed by atoms with van der Waals surface area (Å²) in [6.07, 6.45) is 1.88. The van der Waals surface area contributed by atoms with Crippen molar-refractivity contribution in [3.05, 3.63) is 124 Å². The third-order valence-electron chi connectivity index (χ3n) is 7.56. The predicted molar refractivity (Wildman–Crippen MR) is 174 cm³/mol. The summed E-state index contributed by atoms with van der Waals surface area (Å²) < 4.78 is 35.3. The van der Waals surface area contributed by atoms with Crippen LogP contribution >= 0.6 is 15.9 Å².